The summed E-state index contributed by atoms with van der Waals surface area (Å²) in [5, 5.41) is 0. The highest BCUT2D eigenvalue weighted by molar-refractivity contribution is 4.92. The maximum atomic E-state index is 12.8. The normalized spacial score (nSPS) is 40.5. The first-order valence-electron chi connectivity index (χ1n) is 3.53. The molecule has 0 amide bonds. The fourth-order valence-corrected chi connectivity index (χ4v) is 1.36. The van der Waals surface area contributed by atoms with Crippen LogP contribution in [-0.4, -0.2) is 30.5 Å². The number of hydrogen-bond acceptors (Lipinski definition) is 1. The van der Waals surface area contributed by atoms with Gasteiger partial charge in [0.05, 0.1) is 6.54 Å². The van der Waals surface area contributed by atoms with Crippen LogP contribution >= 0.6 is 0 Å². The van der Waals surface area contributed by atoms with Crippen molar-refractivity contribution < 1.29 is 8.78 Å². The number of nitrogens with zero attached hydrogens (tertiary/aromatic N) is 1. The Morgan fingerprint density at radius 1 is 1.40 bits per heavy atom. The molecule has 0 aromatic heterocycles. The summed E-state index contributed by atoms with van der Waals surface area (Å²) in [6.07, 6.45) is 0. The fourth-order valence-electron chi connectivity index (χ4n) is 1.36. The van der Waals surface area contributed by atoms with Crippen molar-refractivity contribution in [2.45, 2.75) is 25.8 Å². The molecular weight excluding hydrogens is 136 g/mol. The molecule has 1 aliphatic heterocycles. The molecule has 0 bridgehead atoms. The summed E-state index contributed by atoms with van der Waals surface area (Å²) in [4.78, 5) is 1.70. The first-order valence-corrected chi connectivity index (χ1v) is 3.53. The molecule has 3 heteroatoms. The second kappa shape index (κ2) is 2.16. The maximum Gasteiger partial charge on any atom is 0.264 e. The van der Waals surface area contributed by atoms with Gasteiger partial charge >= 0.3 is 0 Å². The Bertz CT molecular complexity index is 136. The summed E-state index contributed by atoms with van der Waals surface area (Å²) in [5.41, 5.74) is 0. The van der Waals surface area contributed by atoms with Gasteiger partial charge in [0.2, 0.25) is 0 Å². The molecule has 1 saturated heterocycles. The number of likely N-dealkylation sites (tertiary alicyclic amines) is 1. The highest BCUT2D eigenvalue weighted by Gasteiger charge is 2.48. The van der Waals surface area contributed by atoms with Crippen LogP contribution in [0.5, 0.6) is 0 Å². The third kappa shape index (κ3) is 1.03. The van der Waals surface area contributed by atoms with E-state index in [1.54, 1.807) is 18.9 Å². The predicted molar refractivity (Wildman–Crippen MR) is 36.2 cm³/mol. The summed E-state index contributed by atoms with van der Waals surface area (Å²) < 4.78 is 25.6. The Hall–Kier alpha value is -0.180. The van der Waals surface area contributed by atoms with Gasteiger partial charge in [0.25, 0.3) is 5.92 Å². The van der Waals surface area contributed by atoms with Crippen molar-refractivity contribution in [3.8, 4) is 0 Å². The van der Waals surface area contributed by atoms with E-state index in [9.17, 15) is 8.78 Å². The lowest BCUT2D eigenvalue weighted by atomic mass is 10.0. The van der Waals surface area contributed by atoms with Crippen LogP contribution in [0.1, 0.15) is 13.8 Å². The van der Waals surface area contributed by atoms with Gasteiger partial charge in [-0.1, -0.05) is 6.92 Å². The second-order valence-corrected chi connectivity index (χ2v) is 3.21. The zero-order valence-corrected chi connectivity index (χ0v) is 6.56. The minimum atomic E-state index is -2.48. The summed E-state index contributed by atoms with van der Waals surface area (Å²) in [6, 6.07) is 0.00926. The third-order valence-electron chi connectivity index (χ3n) is 2.55. The highest BCUT2D eigenvalue weighted by atomic mass is 19.3. The molecule has 1 rings (SSSR count). The van der Waals surface area contributed by atoms with Crippen molar-refractivity contribution in [2.75, 3.05) is 13.6 Å². The van der Waals surface area contributed by atoms with Gasteiger partial charge in [0.15, 0.2) is 0 Å². The van der Waals surface area contributed by atoms with Crippen molar-refractivity contribution in [3.63, 3.8) is 0 Å². The van der Waals surface area contributed by atoms with Crippen LogP contribution in [-0.2, 0) is 0 Å². The average Bonchev–Trinajstić information content (AvgIpc) is 1.95. The molecule has 1 heterocycles. The van der Waals surface area contributed by atoms with E-state index < -0.39 is 11.8 Å². The lowest BCUT2D eigenvalue weighted by molar-refractivity contribution is -0.0224. The van der Waals surface area contributed by atoms with E-state index in [1.807, 2.05) is 6.92 Å². The Labute approximate surface area is 60.0 Å². The Balaban J connectivity index is 2.71. The van der Waals surface area contributed by atoms with Crippen LogP contribution in [0, 0.1) is 5.92 Å². The lowest BCUT2D eigenvalue weighted by Gasteiger charge is -2.16. The molecule has 0 aromatic carbocycles. The predicted octanol–water partition coefficient (Wildman–Crippen LogP) is 1.59. The molecule has 1 fully saturated rings. The van der Waals surface area contributed by atoms with E-state index in [2.05, 4.69) is 0 Å². The van der Waals surface area contributed by atoms with Gasteiger partial charge < -0.3 is 0 Å². The van der Waals surface area contributed by atoms with Crippen molar-refractivity contribution in [1.82, 2.24) is 4.90 Å². The summed E-state index contributed by atoms with van der Waals surface area (Å²) in [6.45, 7) is 3.36. The Morgan fingerprint density at radius 2 is 1.90 bits per heavy atom. The molecule has 10 heavy (non-hydrogen) atoms. The topological polar surface area (TPSA) is 3.24 Å². The van der Waals surface area contributed by atoms with Gasteiger partial charge in [-0.3, -0.25) is 4.90 Å². The van der Waals surface area contributed by atoms with Crippen LogP contribution in [0.4, 0.5) is 8.78 Å². The van der Waals surface area contributed by atoms with Crippen LogP contribution in [0.15, 0.2) is 0 Å². The molecule has 0 radical (unpaired) electrons. The van der Waals surface area contributed by atoms with Crippen LogP contribution in [0.3, 0.4) is 0 Å². The van der Waals surface area contributed by atoms with E-state index in [0.29, 0.717) is 0 Å². The van der Waals surface area contributed by atoms with E-state index in [0.717, 1.165) is 0 Å². The zero-order chi connectivity index (χ0) is 7.94. The van der Waals surface area contributed by atoms with Crippen LogP contribution in [0.25, 0.3) is 0 Å². The van der Waals surface area contributed by atoms with Crippen molar-refractivity contribution in [1.29, 1.82) is 0 Å². The summed E-state index contributed by atoms with van der Waals surface area (Å²) in [7, 11) is 1.74. The molecule has 0 spiro atoms. The van der Waals surface area contributed by atoms with E-state index in [-0.39, 0.29) is 12.6 Å². The van der Waals surface area contributed by atoms with Gasteiger partial charge in [0.1, 0.15) is 0 Å². The molecule has 0 N–H and O–H groups in total. The first-order chi connectivity index (χ1) is 4.45. The number of alkyl halides is 2. The molecular formula is C7H13F2N. The van der Waals surface area contributed by atoms with Crippen molar-refractivity contribution in [2.24, 2.45) is 5.92 Å². The van der Waals surface area contributed by atoms with Gasteiger partial charge in [0, 0.05) is 12.0 Å². The minimum Gasteiger partial charge on any atom is -0.297 e. The van der Waals surface area contributed by atoms with E-state index in [4.69, 9.17) is 0 Å². The smallest absolute Gasteiger partial charge is 0.264 e. The summed E-state index contributed by atoms with van der Waals surface area (Å²) >= 11 is 0. The van der Waals surface area contributed by atoms with Crippen molar-refractivity contribution in [3.05, 3.63) is 0 Å². The standard InChI is InChI=1S/C7H13F2N/c1-5-6(2)10(3)4-7(5,8)9/h5-6H,4H2,1-3H3/t5?,6-/m1/s1. The van der Waals surface area contributed by atoms with Crippen LogP contribution in [0.2, 0.25) is 0 Å². The van der Waals surface area contributed by atoms with Gasteiger partial charge in [-0.2, -0.15) is 0 Å². The molecule has 1 unspecified atom stereocenters. The zero-order valence-electron chi connectivity index (χ0n) is 6.56. The van der Waals surface area contributed by atoms with Crippen LogP contribution < -0.4 is 0 Å². The highest BCUT2D eigenvalue weighted by Crippen LogP contribution is 2.35. The minimum absolute atomic E-state index is 0.00926. The van der Waals surface area contributed by atoms with Gasteiger partial charge in [-0.15, -0.1) is 0 Å². The monoisotopic (exact) mass is 149 g/mol. The maximum absolute atomic E-state index is 12.8. The first kappa shape index (κ1) is 7.92. The molecule has 60 valence electrons. The van der Waals surface area contributed by atoms with Gasteiger partial charge in [-0.05, 0) is 14.0 Å². The molecule has 1 nitrogen and oxygen atoms in total. The third-order valence-corrected chi connectivity index (χ3v) is 2.55. The second-order valence-electron chi connectivity index (χ2n) is 3.21. The lowest BCUT2D eigenvalue weighted by Crippen LogP contribution is -2.26. The quantitative estimate of drug-likeness (QED) is 0.505. The van der Waals surface area contributed by atoms with Gasteiger partial charge in [-0.25, -0.2) is 8.78 Å². The number of halogens is 2. The number of hydrogen-bond donors (Lipinski definition) is 0. The molecule has 0 aromatic rings. The van der Waals surface area contributed by atoms with E-state index in [1.165, 1.54) is 0 Å². The largest absolute Gasteiger partial charge is 0.297 e. The molecule has 0 saturated carbocycles. The number of rotatable bonds is 0. The van der Waals surface area contributed by atoms with E-state index >= 15 is 0 Å². The average molecular weight is 149 g/mol. The molecule has 0 aliphatic carbocycles. The molecule has 1 aliphatic rings. The molecule has 2 atom stereocenters. The Morgan fingerprint density at radius 3 is 2.00 bits per heavy atom. The van der Waals surface area contributed by atoms with Crippen molar-refractivity contribution >= 4 is 0 Å². The Kier molecular flexibility index (Phi) is 1.71. The SMILES string of the molecule is CC1[C@@H](C)N(C)CC1(F)F. The fraction of sp³-hybridized carbons (Fsp3) is 1.00. The summed E-state index contributed by atoms with van der Waals surface area (Å²) in [5.74, 6) is -2.98.